The second-order valence-corrected chi connectivity index (χ2v) is 3.76. The number of rotatable bonds is 7. The molecule has 0 aliphatic rings. The average molecular weight is 187 g/mol. The smallest absolute Gasteiger partial charge is 0.0773 e. The van der Waals surface area contributed by atoms with Gasteiger partial charge in [-0.3, -0.25) is 0 Å². The van der Waals surface area contributed by atoms with Crippen LogP contribution >= 0.6 is 0 Å². The molecule has 0 aromatic heterocycles. The second-order valence-electron chi connectivity index (χ2n) is 3.76. The molecule has 2 atom stereocenters. The van der Waals surface area contributed by atoms with E-state index in [0.29, 0.717) is 12.3 Å². The summed E-state index contributed by atoms with van der Waals surface area (Å²) in [5, 5.41) is 18.1. The van der Waals surface area contributed by atoms with E-state index in [1.54, 1.807) is 0 Å². The number of hydrogen-bond donors (Lipinski definition) is 2. The first-order valence-corrected chi connectivity index (χ1v) is 5.26. The van der Waals surface area contributed by atoms with Gasteiger partial charge in [-0.05, 0) is 24.7 Å². The Labute approximate surface area is 82.0 Å². The van der Waals surface area contributed by atoms with Gasteiger partial charge in [0.2, 0.25) is 0 Å². The Morgan fingerprint density at radius 2 is 1.92 bits per heavy atom. The summed E-state index contributed by atoms with van der Waals surface area (Å²) in [6.45, 7) is 6.33. The fraction of sp³-hybridized carbons (Fsp3) is 0.909. The van der Waals surface area contributed by atoms with E-state index in [-0.39, 0.29) is 6.61 Å². The largest absolute Gasteiger partial charge is 0.394 e. The van der Waals surface area contributed by atoms with Crippen LogP contribution in [0.25, 0.3) is 0 Å². The molecule has 2 nitrogen and oxygen atoms in total. The molecule has 0 spiro atoms. The second kappa shape index (κ2) is 7.34. The maximum atomic E-state index is 9.34. The molecule has 13 heavy (non-hydrogen) atoms. The lowest BCUT2D eigenvalue weighted by Crippen LogP contribution is -2.20. The van der Waals surface area contributed by atoms with E-state index >= 15 is 0 Å². The van der Waals surface area contributed by atoms with Crippen molar-refractivity contribution < 1.29 is 10.2 Å². The van der Waals surface area contributed by atoms with Crippen molar-refractivity contribution in [1.29, 1.82) is 0 Å². The molecule has 0 saturated heterocycles. The lowest BCUT2D eigenvalue weighted by Gasteiger charge is -2.23. The molecule has 0 rings (SSSR count). The predicted molar refractivity (Wildman–Crippen MR) is 55.3 cm³/mol. The van der Waals surface area contributed by atoms with Crippen LogP contribution in [-0.2, 0) is 0 Å². The quantitative estimate of drug-likeness (QED) is 0.641. The van der Waals surface area contributed by atoms with Gasteiger partial charge >= 0.3 is 0 Å². The molecule has 0 fully saturated rings. The molecule has 0 heterocycles. The zero-order valence-electron chi connectivity index (χ0n) is 9.08. The summed E-state index contributed by atoms with van der Waals surface area (Å²) >= 11 is 0. The van der Waals surface area contributed by atoms with Gasteiger partial charge in [0.05, 0.1) is 12.7 Å². The fourth-order valence-electron chi connectivity index (χ4n) is 1.61. The standard InChI is InChI=1S/C11H23O2/c1-4-6-10(9(3)5-2)7-11(13)8-12/h10-13H,4-8H2,1-3H3. The van der Waals surface area contributed by atoms with Gasteiger partial charge in [-0.25, -0.2) is 0 Å². The summed E-state index contributed by atoms with van der Waals surface area (Å²) in [4.78, 5) is 0. The van der Waals surface area contributed by atoms with Crippen LogP contribution in [0.4, 0.5) is 0 Å². The SMILES string of the molecule is CCCC(CC(O)CO)[C](C)CC. The highest BCUT2D eigenvalue weighted by Crippen LogP contribution is 2.26. The van der Waals surface area contributed by atoms with Crippen molar-refractivity contribution in [3.63, 3.8) is 0 Å². The summed E-state index contributed by atoms with van der Waals surface area (Å²) in [5.74, 6) is 1.92. The van der Waals surface area contributed by atoms with Gasteiger partial charge in [-0.2, -0.15) is 0 Å². The minimum Gasteiger partial charge on any atom is -0.394 e. The number of aliphatic hydroxyl groups excluding tert-OH is 2. The Kier molecular flexibility index (Phi) is 7.29. The summed E-state index contributed by atoms with van der Waals surface area (Å²) in [6, 6.07) is 0. The summed E-state index contributed by atoms with van der Waals surface area (Å²) in [7, 11) is 0. The van der Waals surface area contributed by atoms with Crippen molar-refractivity contribution in [1.82, 2.24) is 0 Å². The first-order chi connectivity index (χ1) is 6.15. The fourth-order valence-corrected chi connectivity index (χ4v) is 1.61. The molecule has 0 aromatic rings. The minimum absolute atomic E-state index is 0.114. The molecular formula is C11H23O2. The Morgan fingerprint density at radius 3 is 2.31 bits per heavy atom. The number of aliphatic hydroxyl groups is 2. The molecule has 0 aliphatic heterocycles. The van der Waals surface area contributed by atoms with Crippen molar-refractivity contribution >= 4 is 0 Å². The van der Waals surface area contributed by atoms with Gasteiger partial charge in [0, 0.05) is 0 Å². The molecule has 2 N–H and O–H groups in total. The number of hydrogen-bond acceptors (Lipinski definition) is 2. The molecule has 2 heteroatoms. The minimum atomic E-state index is -0.543. The van der Waals surface area contributed by atoms with Gasteiger partial charge in [0.25, 0.3) is 0 Å². The molecule has 0 amide bonds. The third-order valence-electron chi connectivity index (χ3n) is 2.66. The van der Waals surface area contributed by atoms with Gasteiger partial charge in [-0.15, -0.1) is 0 Å². The summed E-state index contributed by atoms with van der Waals surface area (Å²) < 4.78 is 0. The first-order valence-electron chi connectivity index (χ1n) is 5.26. The van der Waals surface area contributed by atoms with E-state index in [9.17, 15) is 5.11 Å². The Morgan fingerprint density at radius 1 is 1.31 bits per heavy atom. The molecule has 0 bridgehead atoms. The normalized spacial score (nSPS) is 16.2. The van der Waals surface area contributed by atoms with Crippen LogP contribution in [0.5, 0.6) is 0 Å². The highest BCUT2D eigenvalue weighted by Gasteiger charge is 2.18. The van der Waals surface area contributed by atoms with E-state index in [2.05, 4.69) is 20.8 Å². The van der Waals surface area contributed by atoms with Gasteiger partial charge in [0.15, 0.2) is 0 Å². The zero-order valence-corrected chi connectivity index (χ0v) is 9.08. The molecule has 0 aliphatic carbocycles. The topological polar surface area (TPSA) is 40.5 Å². The van der Waals surface area contributed by atoms with Crippen molar-refractivity contribution in [2.45, 2.75) is 52.6 Å². The molecule has 79 valence electrons. The Hall–Kier alpha value is -0.0800. The zero-order chi connectivity index (χ0) is 10.3. The van der Waals surface area contributed by atoms with Crippen LogP contribution in [0.2, 0.25) is 0 Å². The van der Waals surface area contributed by atoms with Crippen LogP contribution in [0.15, 0.2) is 0 Å². The van der Waals surface area contributed by atoms with E-state index in [1.807, 2.05) is 0 Å². The summed E-state index contributed by atoms with van der Waals surface area (Å²) in [6.07, 6.45) is 3.50. The third-order valence-corrected chi connectivity index (χ3v) is 2.66. The first kappa shape index (κ1) is 12.9. The van der Waals surface area contributed by atoms with Crippen LogP contribution in [0.1, 0.15) is 46.5 Å². The Balaban J connectivity index is 3.92. The van der Waals surface area contributed by atoms with Crippen LogP contribution in [0.3, 0.4) is 0 Å². The van der Waals surface area contributed by atoms with Crippen LogP contribution in [-0.4, -0.2) is 22.9 Å². The third kappa shape index (κ3) is 5.27. The van der Waals surface area contributed by atoms with Crippen molar-refractivity contribution in [2.24, 2.45) is 5.92 Å². The lowest BCUT2D eigenvalue weighted by molar-refractivity contribution is 0.0739. The van der Waals surface area contributed by atoms with Gasteiger partial charge < -0.3 is 10.2 Å². The van der Waals surface area contributed by atoms with E-state index in [4.69, 9.17) is 5.11 Å². The highest BCUT2D eigenvalue weighted by atomic mass is 16.3. The molecule has 2 unspecified atom stereocenters. The summed E-state index contributed by atoms with van der Waals surface area (Å²) in [5.41, 5.74) is 0. The molecule has 0 saturated carbocycles. The molecular weight excluding hydrogens is 164 g/mol. The maximum Gasteiger partial charge on any atom is 0.0773 e. The maximum absolute atomic E-state index is 9.34. The van der Waals surface area contributed by atoms with E-state index < -0.39 is 6.10 Å². The molecule has 1 radical (unpaired) electrons. The van der Waals surface area contributed by atoms with Crippen molar-refractivity contribution in [3.8, 4) is 0 Å². The van der Waals surface area contributed by atoms with Gasteiger partial charge in [0.1, 0.15) is 0 Å². The van der Waals surface area contributed by atoms with Crippen LogP contribution < -0.4 is 0 Å². The van der Waals surface area contributed by atoms with Gasteiger partial charge in [-0.1, -0.05) is 33.6 Å². The Bertz CT molecular complexity index is 115. The highest BCUT2D eigenvalue weighted by molar-refractivity contribution is 4.91. The van der Waals surface area contributed by atoms with E-state index in [0.717, 1.165) is 19.3 Å². The lowest BCUT2D eigenvalue weighted by atomic mass is 9.84. The molecule has 0 aromatic carbocycles. The average Bonchev–Trinajstić information content (AvgIpc) is 2.15. The van der Waals surface area contributed by atoms with Crippen LogP contribution in [0, 0.1) is 11.8 Å². The predicted octanol–water partition coefficient (Wildman–Crippen LogP) is 2.15. The van der Waals surface area contributed by atoms with E-state index in [1.165, 1.54) is 5.92 Å². The van der Waals surface area contributed by atoms with Crippen molar-refractivity contribution in [2.75, 3.05) is 6.61 Å². The monoisotopic (exact) mass is 187 g/mol. The van der Waals surface area contributed by atoms with Crippen molar-refractivity contribution in [3.05, 3.63) is 5.92 Å².